The van der Waals surface area contributed by atoms with E-state index in [-0.39, 0.29) is 5.57 Å². The third-order valence-corrected chi connectivity index (χ3v) is 3.46. The molecule has 1 fully saturated rings. The summed E-state index contributed by atoms with van der Waals surface area (Å²) in [6.07, 6.45) is 3.25. The van der Waals surface area contributed by atoms with Crippen molar-refractivity contribution in [2.24, 2.45) is 0 Å². The number of hydrogen-bond donors (Lipinski definition) is 1. The van der Waals surface area contributed by atoms with Crippen LogP contribution < -0.4 is 0 Å². The molecule has 0 radical (unpaired) electrons. The Morgan fingerprint density at radius 2 is 1.58 bits per heavy atom. The van der Waals surface area contributed by atoms with Crippen LogP contribution in [0.1, 0.15) is 24.5 Å². The predicted octanol–water partition coefficient (Wildman–Crippen LogP) is 5.47. The summed E-state index contributed by atoms with van der Waals surface area (Å²) >= 11 is 0. The second-order valence-electron chi connectivity index (χ2n) is 5.83. The average molecular weight is 350 g/mol. The van der Waals surface area contributed by atoms with Gasteiger partial charge < -0.3 is 9.84 Å². The van der Waals surface area contributed by atoms with Crippen LogP contribution in [-0.2, 0) is 9.53 Å². The number of ether oxygens (including phenoxy) is 1. The number of rotatable bonds is 5. The van der Waals surface area contributed by atoms with Crippen molar-refractivity contribution < 1.29 is 14.6 Å². The highest BCUT2D eigenvalue weighted by atomic mass is 16.6. The molecule has 0 aliphatic carbocycles. The van der Waals surface area contributed by atoms with Crippen molar-refractivity contribution >= 4 is 17.6 Å². The molecule has 136 valence electrons. The van der Waals surface area contributed by atoms with Crippen LogP contribution in [0.2, 0.25) is 0 Å². The van der Waals surface area contributed by atoms with Gasteiger partial charge in [0, 0.05) is 12.0 Å². The van der Waals surface area contributed by atoms with E-state index >= 15 is 0 Å². The molecule has 1 unspecified atom stereocenters. The van der Waals surface area contributed by atoms with Crippen LogP contribution in [0.4, 0.5) is 0 Å². The van der Waals surface area contributed by atoms with Gasteiger partial charge in [0.2, 0.25) is 0 Å². The van der Waals surface area contributed by atoms with Gasteiger partial charge in [-0.2, -0.15) is 0 Å². The van der Waals surface area contributed by atoms with Crippen molar-refractivity contribution in [3.8, 4) is 0 Å². The standard InChI is InChI=1S/C11H12O.C8H8.C4H6O2/c1-9(7-11-8-12-11)10-5-3-2-4-6-10;1-2-8-6-4-3-5-7-8;1-3(2)4(5)6/h2-6,11H,1,7-8H2;2-7H,1H2;1H2,2H3,(H,5,6). The Balaban J connectivity index is 0.000000211. The molecule has 1 aliphatic heterocycles. The van der Waals surface area contributed by atoms with Crippen LogP contribution in [0.5, 0.6) is 0 Å². The Bertz CT molecular complexity index is 702. The Hall–Kier alpha value is -2.91. The first-order chi connectivity index (χ1) is 12.4. The lowest BCUT2D eigenvalue weighted by Gasteiger charge is -2.01. The minimum Gasteiger partial charge on any atom is -0.478 e. The maximum absolute atomic E-state index is 9.60. The number of aliphatic carboxylic acids is 1. The van der Waals surface area contributed by atoms with E-state index in [2.05, 4.69) is 31.9 Å². The van der Waals surface area contributed by atoms with Crippen molar-refractivity contribution in [2.45, 2.75) is 19.4 Å². The highest BCUT2D eigenvalue weighted by Crippen LogP contribution is 2.24. The smallest absolute Gasteiger partial charge is 0.330 e. The lowest BCUT2D eigenvalue weighted by Crippen LogP contribution is -1.92. The molecule has 1 heterocycles. The van der Waals surface area contributed by atoms with E-state index in [0.717, 1.165) is 13.0 Å². The molecule has 1 saturated heterocycles. The molecule has 26 heavy (non-hydrogen) atoms. The zero-order valence-corrected chi connectivity index (χ0v) is 15.2. The van der Waals surface area contributed by atoms with E-state index in [9.17, 15) is 4.79 Å². The molecule has 1 aliphatic rings. The van der Waals surface area contributed by atoms with Gasteiger partial charge in [0.05, 0.1) is 12.7 Å². The Morgan fingerprint density at radius 3 is 1.92 bits per heavy atom. The first-order valence-electron chi connectivity index (χ1n) is 8.35. The van der Waals surface area contributed by atoms with Gasteiger partial charge in [-0.1, -0.05) is 86.5 Å². The van der Waals surface area contributed by atoms with Gasteiger partial charge in [-0.15, -0.1) is 0 Å². The third-order valence-electron chi connectivity index (χ3n) is 3.46. The van der Waals surface area contributed by atoms with Crippen LogP contribution in [-0.4, -0.2) is 23.8 Å². The second-order valence-corrected chi connectivity index (χ2v) is 5.83. The highest BCUT2D eigenvalue weighted by molar-refractivity contribution is 5.84. The van der Waals surface area contributed by atoms with Gasteiger partial charge in [0.15, 0.2) is 0 Å². The lowest BCUT2D eigenvalue weighted by atomic mass is 10.0. The first kappa shape index (κ1) is 21.1. The van der Waals surface area contributed by atoms with E-state index in [1.165, 1.54) is 23.6 Å². The van der Waals surface area contributed by atoms with E-state index in [1.54, 1.807) is 0 Å². The van der Waals surface area contributed by atoms with E-state index in [0.29, 0.717) is 6.10 Å². The monoisotopic (exact) mass is 350 g/mol. The number of carboxylic acid groups (broad SMARTS) is 1. The fourth-order valence-corrected chi connectivity index (χ4v) is 1.84. The maximum Gasteiger partial charge on any atom is 0.330 e. The van der Waals surface area contributed by atoms with E-state index in [1.807, 2.05) is 54.6 Å². The molecular formula is C23H26O3. The number of hydrogen-bond acceptors (Lipinski definition) is 2. The minimum atomic E-state index is -0.935. The normalized spacial score (nSPS) is 13.8. The zero-order chi connectivity index (χ0) is 19.4. The molecule has 3 nitrogen and oxygen atoms in total. The molecule has 3 heteroatoms. The Morgan fingerprint density at radius 1 is 1.12 bits per heavy atom. The van der Waals surface area contributed by atoms with Gasteiger partial charge in [0.1, 0.15) is 0 Å². The topological polar surface area (TPSA) is 49.8 Å². The molecule has 2 aromatic carbocycles. The molecular weight excluding hydrogens is 324 g/mol. The molecule has 1 atom stereocenters. The van der Waals surface area contributed by atoms with Crippen LogP contribution in [0.15, 0.2) is 86.0 Å². The van der Waals surface area contributed by atoms with Crippen LogP contribution >= 0.6 is 0 Å². The van der Waals surface area contributed by atoms with Gasteiger partial charge in [-0.25, -0.2) is 4.79 Å². The maximum atomic E-state index is 9.60. The lowest BCUT2D eigenvalue weighted by molar-refractivity contribution is -0.132. The Kier molecular flexibility index (Phi) is 9.44. The SMILES string of the molecule is C=C(C)C(=O)O.C=C(CC1CO1)c1ccccc1.C=Cc1ccccc1. The predicted molar refractivity (Wildman–Crippen MR) is 109 cm³/mol. The molecule has 0 amide bonds. The van der Waals surface area contributed by atoms with Crippen LogP contribution in [0.25, 0.3) is 11.6 Å². The fraction of sp³-hybridized carbons (Fsp3) is 0.174. The Labute approximate surface area is 156 Å². The molecule has 0 bridgehead atoms. The van der Waals surface area contributed by atoms with Crippen LogP contribution in [0.3, 0.4) is 0 Å². The second kappa shape index (κ2) is 11.6. The zero-order valence-electron chi connectivity index (χ0n) is 15.2. The number of epoxide rings is 1. The summed E-state index contributed by atoms with van der Waals surface area (Å²) in [5, 5.41) is 7.89. The van der Waals surface area contributed by atoms with Crippen molar-refractivity contribution in [1.29, 1.82) is 0 Å². The van der Waals surface area contributed by atoms with Crippen molar-refractivity contribution in [3.05, 3.63) is 97.1 Å². The van der Waals surface area contributed by atoms with Gasteiger partial charge in [0.25, 0.3) is 0 Å². The van der Waals surface area contributed by atoms with Crippen molar-refractivity contribution in [3.63, 3.8) is 0 Å². The van der Waals surface area contributed by atoms with Gasteiger partial charge in [-0.05, 0) is 23.6 Å². The van der Waals surface area contributed by atoms with Crippen molar-refractivity contribution in [1.82, 2.24) is 0 Å². The van der Waals surface area contributed by atoms with Crippen LogP contribution in [0, 0.1) is 0 Å². The summed E-state index contributed by atoms with van der Waals surface area (Å²) in [4.78, 5) is 9.60. The molecule has 0 spiro atoms. The summed E-state index contributed by atoms with van der Waals surface area (Å²) < 4.78 is 5.14. The summed E-state index contributed by atoms with van der Waals surface area (Å²) in [7, 11) is 0. The number of benzene rings is 2. The molecule has 1 N–H and O–H groups in total. The minimum absolute atomic E-state index is 0.176. The molecule has 0 saturated carbocycles. The largest absolute Gasteiger partial charge is 0.478 e. The third kappa shape index (κ3) is 9.40. The summed E-state index contributed by atoms with van der Waals surface area (Å²) in [6, 6.07) is 20.3. The van der Waals surface area contributed by atoms with E-state index in [4.69, 9.17) is 9.84 Å². The molecule has 0 aromatic heterocycles. The first-order valence-corrected chi connectivity index (χ1v) is 8.35. The van der Waals surface area contributed by atoms with E-state index < -0.39 is 5.97 Å². The molecule has 3 rings (SSSR count). The number of carbonyl (C=O) groups is 1. The molecule has 2 aromatic rings. The summed E-state index contributed by atoms with van der Waals surface area (Å²) in [6.45, 7) is 13.2. The highest BCUT2D eigenvalue weighted by Gasteiger charge is 2.23. The summed E-state index contributed by atoms with van der Waals surface area (Å²) in [5.74, 6) is -0.935. The van der Waals surface area contributed by atoms with Gasteiger partial charge >= 0.3 is 5.97 Å². The quantitative estimate of drug-likeness (QED) is 0.575. The summed E-state index contributed by atoms with van der Waals surface area (Å²) in [5.41, 5.74) is 3.76. The average Bonchev–Trinajstić information content (AvgIpc) is 3.48. The fourth-order valence-electron chi connectivity index (χ4n) is 1.84. The van der Waals surface area contributed by atoms with Crippen molar-refractivity contribution in [2.75, 3.05) is 6.61 Å². The van der Waals surface area contributed by atoms with Gasteiger partial charge in [-0.3, -0.25) is 0 Å². The number of carboxylic acids is 1.